The average molecular weight is 254 g/mol. The van der Waals surface area contributed by atoms with Crippen LogP contribution in [0.2, 0.25) is 0 Å². The molecule has 2 rings (SSSR count). The van der Waals surface area contributed by atoms with Gasteiger partial charge in [0.1, 0.15) is 0 Å². The maximum absolute atomic E-state index is 2.28. The van der Waals surface area contributed by atoms with Gasteiger partial charge in [0.15, 0.2) is 0 Å². The molecule has 0 saturated carbocycles. The van der Waals surface area contributed by atoms with Crippen LogP contribution in [0, 0.1) is 0 Å². The average Bonchev–Trinajstić information content (AvgIpc) is 2.37. The topological polar surface area (TPSA) is 0 Å². The predicted octanol–water partition coefficient (Wildman–Crippen LogP) is 5.00. The summed E-state index contributed by atoms with van der Waals surface area (Å²) in [6.45, 7) is 6.83. The Hall–Kier alpha value is -1.39. The molecule has 0 N–H and O–H groups in total. The molecule has 18 heavy (non-hydrogen) atoms. The Bertz CT molecular complexity index is 477. The summed E-state index contributed by atoms with van der Waals surface area (Å²) >= 11 is 0. The summed E-state index contributed by atoms with van der Waals surface area (Å²) < 4.78 is 0. The van der Waals surface area contributed by atoms with Crippen molar-refractivity contribution in [2.75, 3.05) is 0 Å². The third kappa shape index (κ3) is 3.55. The third-order valence-electron chi connectivity index (χ3n) is 2.54. The molecular weight excluding hydrogens is 235 g/mol. The zero-order chi connectivity index (χ0) is 13.0. The van der Waals surface area contributed by atoms with Crippen LogP contribution >= 0.6 is 8.20 Å². The van der Waals surface area contributed by atoms with Gasteiger partial charge in [-0.1, -0.05) is 89.6 Å². The van der Waals surface area contributed by atoms with Crippen molar-refractivity contribution < 1.29 is 0 Å². The van der Waals surface area contributed by atoms with Gasteiger partial charge in [-0.25, -0.2) is 0 Å². The molecule has 0 atom stereocenters. The molecule has 0 nitrogen and oxygen atoms in total. The minimum Gasteiger partial charge on any atom is -0.0893 e. The maximum Gasteiger partial charge on any atom is 0.0126 e. The Morgan fingerprint density at radius 2 is 1.11 bits per heavy atom. The van der Waals surface area contributed by atoms with Gasteiger partial charge in [-0.15, -0.1) is 0 Å². The lowest BCUT2D eigenvalue weighted by atomic mass is 10.1. The Kier molecular flexibility index (Phi) is 3.99. The third-order valence-corrected chi connectivity index (χ3v) is 3.95. The summed E-state index contributed by atoms with van der Waals surface area (Å²) in [5, 5.41) is 1.67. The van der Waals surface area contributed by atoms with E-state index in [2.05, 4.69) is 81.4 Å². The van der Waals surface area contributed by atoms with E-state index in [-0.39, 0.29) is 5.16 Å². The number of rotatable bonds is 2. The van der Waals surface area contributed by atoms with Crippen molar-refractivity contribution in [3.05, 3.63) is 71.8 Å². The Labute approximate surface area is 111 Å². The van der Waals surface area contributed by atoms with E-state index in [0.717, 1.165) is 0 Å². The summed E-state index contributed by atoms with van der Waals surface area (Å²) in [7, 11) is 1.36. The molecule has 0 aromatic heterocycles. The summed E-state index contributed by atoms with van der Waals surface area (Å²) in [6, 6.07) is 21.4. The van der Waals surface area contributed by atoms with Gasteiger partial charge in [0.2, 0.25) is 0 Å². The van der Waals surface area contributed by atoms with Gasteiger partial charge in [0.25, 0.3) is 0 Å². The molecule has 2 aromatic carbocycles. The first kappa shape index (κ1) is 13.1. The van der Waals surface area contributed by atoms with Crippen LogP contribution in [0.4, 0.5) is 0 Å². The fourth-order valence-corrected chi connectivity index (χ4v) is 3.05. The molecular formula is C17H19P. The molecule has 0 heterocycles. The molecule has 1 heteroatoms. The molecule has 0 aliphatic carbocycles. The van der Waals surface area contributed by atoms with Gasteiger partial charge in [0, 0.05) is 10.4 Å². The first-order valence-corrected chi connectivity index (χ1v) is 7.16. The summed E-state index contributed by atoms with van der Waals surface area (Å²) in [4.78, 5) is 0. The second-order valence-electron chi connectivity index (χ2n) is 5.36. The van der Waals surface area contributed by atoms with Gasteiger partial charge in [0.05, 0.1) is 0 Å². The van der Waals surface area contributed by atoms with Crippen LogP contribution in [-0.2, 0) is 0 Å². The van der Waals surface area contributed by atoms with Gasteiger partial charge < -0.3 is 0 Å². The second-order valence-corrected chi connectivity index (χ2v) is 7.38. The van der Waals surface area contributed by atoms with Crippen LogP contribution in [-0.4, -0.2) is 10.4 Å². The van der Waals surface area contributed by atoms with Gasteiger partial charge in [-0.05, 0) is 11.1 Å². The van der Waals surface area contributed by atoms with Crippen LogP contribution in [0.1, 0.15) is 31.9 Å². The minimum absolute atomic E-state index is 0.265. The van der Waals surface area contributed by atoms with Crippen molar-refractivity contribution in [2.45, 2.75) is 25.9 Å². The quantitative estimate of drug-likeness (QED) is 0.661. The summed E-state index contributed by atoms with van der Waals surface area (Å²) in [6.07, 6.45) is 0. The van der Waals surface area contributed by atoms with E-state index in [0.29, 0.717) is 0 Å². The van der Waals surface area contributed by atoms with E-state index in [1.807, 2.05) is 0 Å². The zero-order valence-electron chi connectivity index (χ0n) is 11.2. The molecule has 2 aromatic rings. The van der Waals surface area contributed by atoms with Gasteiger partial charge in [-0.2, -0.15) is 0 Å². The number of hydrogen-bond acceptors (Lipinski definition) is 0. The van der Waals surface area contributed by atoms with E-state index in [1.54, 1.807) is 0 Å². The van der Waals surface area contributed by atoms with E-state index >= 15 is 0 Å². The molecule has 0 unspecified atom stereocenters. The lowest BCUT2D eigenvalue weighted by molar-refractivity contribution is 0.802. The monoisotopic (exact) mass is 254 g/mol. The smallest absolute Gasteiger partial charge is 0.0126 e. The number of hydrogen-bond donors (Lipinski definition) is 0. The first-order valence-electron chi connectivity index (χ1n) is 6.27. The van der Waals surface area contributed by atoms with Crippen molar-refractivity contribution in [3.8, 4) is 0 Å². The van der Waals surface area contributed by atoms with Crippen molar-refractivity contribution in [1.82, 2.24) is 0 Å². The highest BCUT2D eigenvalue weighted by molar-refractivity contribution is 7.43. The Morgan fingerprint density at radius 1 is 0.722 bits per heavy atom. The molecule has 0 amide bonds. The van der Waals surface area contributed by atoms with Crippen LogP contribution < -0.4 is 0 Å². The van der Waals surface area contributed by atoms with E-state index in [4.69, 9.17) is 0 Å². The molecule has 0 bridgehead atoms. The van der Waals surface area contributed by atoms with Crippen molar-refractivity contribution in [1.29, 1.82) is 0 Å². The van der Waals surface area contributed by atoms with Gasteiger partial charge in [-0.3, -0.25) is 0 Å². The standard InChI is InChI=1S/C17H19P/c1-17(2,3)18-16(14-10-6-4-7-11-14)15-12-8-5-9-13-15/h4-13H,1-3H3. The Morgan fingerprint density at radius 3 is 1.44 bits per heavy atom. The van der Waals surface area contributed by atoms with E-state index < -0.39 is 0 Å². The highest BCUT2D eigenvalue weighted by Crippen LogP contribution is 2.28. The van der Waals surface area contributed by atoms with Crippen molar-refractivity contribution in [2.24, 2.45) is 0 Å². The lowest BCUT2D eigenvalue weighted by Gasteiger charge is -2.16. The normalized spacial score (nSPS) is 11.5. The maximum atomic E-state index is 2.28. The molecule has 0 fully saturated rings. The largest absolute Gasteiger partial charge is 0.0893 e. The first-order chi connectivity index (χ1) is 8.56. The van der Waals surface area contributed by atoms with Crippen molar-refractivity contribution in [3.63, 3.8) is 0 Å². The molecule has 92 valence electrons. The second kappa shape index (κ2) is 5.50. The van der Waals surface area contributed by atoms with Crippen LogP contribution in [0.15, 0.2) is 60.7 Å². The van der Waals surface area contributed by atoms with Crippen LogP contribution in [0.5, 0.6) is 0 Å². The molecule has 0 radical (unpaired) electrons. The fraction of sp³-hybridized carbons (Fsp3) is 0.235. The van der Waals surface area contributed by atoms with Crippen molar-refractivity contribution >= 4 is 13.5 Å². The SMILES string of the molecule is CC(C)(C)P=C(c1ccccc1)c1ccccc1. The van der Waals surface area contributed by atoms with Gasteiger partial charge >= 0.3 is 0 Å². The Balaban J connectivity index is 2.53. The summed E-state index contributed by atoms with van der Waals surface area (Å²) in [5.41, 5.74) is 2.64. The fourth-order valence-electron chi connectivity index (χ4n) is 1.82. The van der Waals surface area contributed by atoms with Crippen LogP contribution in [0.25, 0.3) is 0 Å². The van der Waals surface area contributed by atoms with E-state index in [9.17, 15) is 0 Å². The van der Waals surface area contributed by atoms with Crippen LogP contribution in [0.3, 0.4) is 0 Å². The minimum atomic E-state index is 0.265. The molecule has 0 aliphatic rings. The lowest BCUT2D eigenvalue weighted by Crippen LogP contribution is -2.08. The molecule has 0 spiro atoms. The highest BCUT2D eigenvalue weighted by atomic mass is 31.1. The highest BCUT2D eigenvalue weighted by Gasteiger charge is 2.12. The molecule has 0 saturated heterocycles. The summed E-state index contributed by atoms with van der Waals surface area (Å²) in [5.74, 6) is 0. The van der Waals surface area contributed by atoms with E-state index in [1.165, 1.54) is 24.6 Å². The number of benzene rings is 2. The zero-order valence-corrected chi connectivity index (χ0v) is 12.1. The molecule has 0 aliphatic heterocycles. The predicted molar refractivity (Wildman–Crippen MR) is 82.8 cm³/mol.